The molecule has 0 spiro atoms. The van der Waals surface area contributed by atoms with E-state index in [0.29, 0.717) is 31.0 Å². The monoisotopic (exact) mass is 423 g/mol. The highest BCUT2D eigenvalue weighted by Crippen LogP contribution is 2.16. The summed E-state index contributed by atoms with van der Waals surface area (Å²) in [5.74, 6) is 0.174. The van der Waals surface area contributed by atoms with Gasteiger partial charge in [0.15, 0.2) is 5.69 Å². The molecule has 31 heavy (non-hydrogen) atoms. The van der Waals surface area contributed by atoms with E-state index >= 15 is 0 Å². The molecule has 2 aromatic heterocycles. The Hall–Kier alpha value is -3.46. The number of benzene rings is 1. The summed E-state index contributed by atoms with van der Waals surface area (Å²) >= 11 is 0. The molecular formula is C22H25N5O4. The molecule has 1 aliphatic heterocycles. The van der Waals surface area contributed by atoms with Gasteiger partial charge < -0.3 is 19.5 Å². The van der Waals surface area contributed by atoms with E-state index in [1.54, 1.807) is 22.7 Å². The first kappa shape index (κ1) is 20.8. The molecule has 1 N–H and O–H groups in total. The van der Waals surface area contributed by atoms with E-state index in [0.717, 1.165) is 11.1 Å². The third kappa shape index (κ3) is 5.00. The molecule has 162 valence electrons. The standard InChI is InChI=1S/C22H25N5O4/c1-15-8-24-27(10-15)13-19-16(2)31-25-21(19)22(29)23-9-18-12-26(20(28)14-30-18)11-17-6-4-3-5-7-17/h3-8,10,18H,9,11-14H2,1-2H3,(H,23,29). The predicted octanol–water partition coefficient (Wildman–Crippen LogP) is 1.69. The van der Waals surface area contributed by atoms with Gasteiger partial charge >= 0.3 is 0 Å². The van der Waals surface area contributed by atoms with Crippen molar-refractivity contribution in [1.29, 1.82) is 0 Å². The molecule has 3 aromatic rings. The number of carbonyl (C=O) groups excluding carboxylic acids is 2. The minimum absolute atomic E-state index is 0.000336. The number of aryl methyl sites for hydroxylation is 2. The van der Waals surface area contributed by atoms with E-state index in [1.807, 2.05) is 43.5 Å². The summed E-state index contributed by atoms with van der Waals surface area (Å²) in [5, 5.41) is 11.0. The third-order valence-electron chi connectivity index (χ3n) is 5.21. The molecule has 1 unspecified atom stereocenters. The maximum absolute atomic E-state index is 12.8. The molecule has 1 fully saturated rings. The lowest BCUT2D eigenvalue weighted by molar-refractivity contribution is -0.149. The Kier molecular flexibility index (Phi) is 6.13. The molecular weight excluding hydrogens is 398 g/mol. The lowest BCUT2D eigenvalue weighted by Gasteiger charge is -2.32. The minimum Gasteiger partial charge on any atom is -0.365 e. The van der Waals surface area contributed by atoms with Crippen LogP contribution in [0.2, 0.25) is 0 Å². The first-order valence-corrected chi connectivity index (χ1v) is 10.2. The minimum atomic E-state index is -0.342. The zero-order valence-electron chi connectivity index (χ0n) is 17.6. The molecule has 1 saturated heterocycles. The number of nitrogens with zero attached hydrogens (tertiary/aromatic N) is 4. The quantitative estimate of drug-likeness (QED) is 0.621. The molecule has 0 aliphatic carbocycles. The number of nitrogens with one attached hydrogen (secondary N) is 1. The van der Waals surface area contributed by atoms with E-state index in [4.69, 9.17) is 9.26 Å². The van der Waals surface area contributed by atoms with E-state index in [-0.39, 0.29) is 36.8 Å². The van der Waals surface area contributed by atoms with Crippen LogP contribution in [0.5, 0.6) is 0 Å². The van der Waals surface area contributed by atoms with Crippen LogP contribution in [0.15, 0.2) is 47.2 Å². The molecule has 4 rings (SSSR count). The number of morpholine rings is 1. The molecule has 1 aliphatic rings. The van der Waals surface area contributed by atoms with Gasteiger partial charge in [-0.2, -0.15) is 5.10 Å². The molecule has 0 bridgehead atoms. The fraction of sp³-hybridized carbons (Fsp3) is 0.364. The van der Waals surface area contributed by atoms with Gasteiger partial charge in [0, 0.05) is 31.4 Å². The van der Waals surface area contributed by atoms with Gasteiger partial charge in [-0.05, 0) is 25.0 Å². The van der Waals surface area contributed by atoms with Gasteiger partial charge in [0.2, 0.25) is 5.91 Å². The Balaban J connectivity index is 1.36. The number of hydrogen-bond donors (Lipinski definition) is 1. The van der Waals surface area contributed by atoms with Crippen molar-refractivity contribution in [2.45, 2.75) is 33.0 Å². The van der Waals surface area contributed by atoms with Crippen LogP contribution >= 0.6 is 0 Å². The van der Waals surface area contributed by atoms with E-state index < -0.39 is 0 Å². The highest BCUT2D eigenvalue weighted by Gasteiger charge is 2.28. The van der Waals surface area contributed by atoms with Crippen molar-refractivity contribution in [3.8, 4) is 0 Å². The van der Waals surface area contributed by atoms with Crippen molar-refractivity contribution in [3.63, 3.8) is 0 Å². The lowest BCUT2D eigenvalue weighted by Crippen LogP contribution is -2.50. The maximum atomic E-state index is 12.8. The molecule has 0 saturated carbocycles. The Morgan fingerprint density at radius 3 is 2.77 bits per heavy atom. The van der Waals surface area contributed by atoms with Crippen LogP contribution in [0.4, 0.5) is 0 Å². The zero-order chi connectivity index (χ0) is 21.8. The van der Waals surface area contributed by atoms with Crippen molar-refractivity contribution in [1.82, 2.24) is 25.2 Å². The second-order valence-electron chi connectivity index (χ2n) is 7.68. The smallest absolute Gasteiger partial charge is 0.273 e. The van der Waals surface area contributed by atoms with Crippen molar-refractivity contribution < 1.29 is 18.8 Å². The summed E-state index contributed by atoms with van der Waals surface area (Å²) < 4.78 is 12.6. The summed E-state index contributed by atoms with van der Waals surface area (Å²) in [4.78, 5) is 26.7. The number of rotatable bonds is 7. The molecule has 0 radical (unpaired) electrons. The van der Waals surface area contributed by atoms with E-state index in [9.17, 15) is 9.59 Å². The van der Waals surface area contributed by atoms with E-state index in [1.165, 1.54) is 0 Å². The lowest BCUT2D eigenvalue weighted by atomic mass is 10.1. The second-order valence-corrected chi connectivity index (χ2v) is 7.68. The fourth-order valence-electron chi connectivity index (χ4n) is 3.52. The Morgan fingerprint density at radius 2 is 2.03 bits per heavy atom. The molecule has 1 atom stereocenters. The Labute approximate surface area is 180 Å². The number of ether oxygens (including phenoxy) is 1. The summed E-state index contributed by atoms with van der Waals surface area (Å²) in [5.41, 5.74) is 3.01. The van der Waals surface area contributed by atoms with Gasteiger partial charge in [-0.1, -0.05) is 35.5 Å². The zero-order valence-corrected chi connectivity index (χ0v) is 17.6. The number of hydrogen-bond acceptors (Lipinski definition) is 6. The van der Waals surface area contributed by atoms with Gasteiger partial charge in [-0.15, -0.1) is 0 Å². The first-order chi connectivity index (χ1) is 15.0. The fourth-order valence-corrected chi connectivity index (χ4v) is 3.52. The number of carbonyl (C=O) groups is 2. The number of aromatic nitrogens is 3. The number of amides is 2. The van der Waals surface area contributed by atoms with Crippen LogP contribution < -0.4 is 5.32 Å². The second kappa shape index (κ2) is 9.13. The Morgan fingerprint density at radius 1 is 1.23 bits per heavy atom. The molecule has 1 aromatic carbocycles. The van der Waals surface area contributed by atoms with Crippen molar-refractivity contribution in [2.24, 2.45) is 0 Å². The summed E-state index contributed by atoms with van der Waals surface area (Å²) in [6.07, 6.45) is 3.35. The first-order valence-electron chi connectivity index (χ1n) is 10.2. The van der Waals surface area contributed by atoms with Gasteiger partial charge in [0.05, 0.1) is 18.8 Å². The normalized spacial score (nSPS) is 16.5. The highest BCUT2D eigenvalue weighted by molar-refractivity contribution is 5.93. The van der Waals surface area contributed by atoms with Crippen LogP contribution in [0.3, 0.4) is 0 Å². The van der Waals surface area contributed by atoms with E-state index in [2.05, 4.69) is 15.6 Å². The molecule has 2 amide bonds. The highest BCUT2D eigenvalue weighted by atomic mass is 16.5. The third-order valence-corrected chi connectivity index (χ3v) is 5.21. The maximum Gasteiger partial charge on any atom is 0.273 e. The van der Waals surface area contributed by atoms with Crippen LogP contribution in [0, 0.1) is 13.8 Å². The summed E-state index contributed by atoms with van der Waals surface area (Å²) in [6.45, 7) is 5.31. The van der Waals surface area contributed by atoms with Gasteiger partial charge in [0.1, 0.15) is 12.4 Å². The summed E-state index contributed by atoms with van der Waals surface area (Å²) in [6, 6.07) is 9.79. The average Bonchev–Trinajstić information content (AvgIpc) is 3.35. The average molecular weight is 423 g/mol. The van der Waals surface area contributed by atoms with Crippen LogP contribution in [0.1, 0.15) is 32.9 Å². The van der Waals surface area contributed by atoms with Crippen molar-refractivity contribution in [3.05, 3.63) is 70.9 Å². The van der Waals surface area contributed by atoms with Crippen LogP contribution in [-0.2, 0) is 22.6 Å². The Bertz CT molecular complexity index is 1060. The van der Waals surface area contributed by atoms with Gasteiger partial charge in [-0.3, -0.25) is 14.3 Å². The van der Waals surface area contributed by atoms with Gasteiger partial charge in [-0.25, -0.2) is 0 Å². The van der Waals surface area contributed by atoms with Crippen molar-refractivity contribution in [2.75, 3.05) is 19.7 Å². The van der Waals surface area contributed by atoms with Gasteiger partial charge in [0.25, 0.3) is 5.91 Å². The topological polar surface area (TPSA) is 102 Å². The van der Waals surface area contributed by atoms with Crippen LogP contribution in [0.25, 0.3) is 0 Å². The molecule has 3 heterocycles. The SMILES string of the molecule is Cc1cnn(Cc2c(C(=O)NCC3CN(Cc4ccccc4)C(=O)CO3)noc2C)c1. The summed E-state index contributed by atoms with van der Waals surface area (Å²) in [7, 11) is 0. The largest absolute Gasteiger partial charge is 0.365 e. The van der Waals surface area contributed by atoms with Crippen LogP contribution in [-0.4, -0.2) is 57.5 Å². The molecule has 9 heteroatoms. The molecule has 9 nitrogen and oxygen atoms in total. The predicted molar refractivity (Wildman–Crippen MR) is 111 cm³/mol. The van der Waals surface area contributed by atoms with Crippen molar-refractivity contribution >= 4 is 11.8 Å².